The third-order valence-corrected chi connectivity index (χ3v) is 12.1. The molecule has 11 rings (SSSR count). The number of ether oxygens (including phenoxy) is 1. The van der Waals surface area contributed by atoms with Gasteiger partial charge in [-0.2, -0.15) is 0 Å². The van der Waals surface area contributed by atoms with Crippen LogP contribution < -0.4 is 9.64 Å². The molecule has 0 spiro atoms. The van der Waals surface area contributed by atoms with Gasteiger partial charge in [0.05, 0.1) is 5.69 Å². The minimum Gasteiger partial charge on any atom is -0.454 e. The lowest BCUT2D eigenvalue weighted by Crippen LogP contribution is -2.17. The molecule has 2 nitrogen and oxygen atoms in total. The first kappa shape index (κ1) is 33.2. The van der Waals surface area contributed by atoms with Gasteiger partial charge in [-0.25, -0.2) is 0 Å². The van der Waals surface area contributed by atoms with Gasteiger partial charge in [0, 0.05) is 27.9 Å². The third kappa shape index (κ3) is 5.40. The van der Waals surface area contributed by atoms with Crippen LogP contribution in [0.4, 0.5) is 17.1 Å². The summed E-state index contributed by atoms with van der Waals surface area (Å²) in [6, 6.07) is 72.6. The summed E-state index contributed by atoms with van der Waals surface area (Å²) in [6.45, 7) is 4.69. The van der Waals surface area contributed by atoms with E-state index in [9.17, 15) is 0 Å². The summed E-state index contributed by atoms with van der Waals surface area (Å²) in [6.07, 6.45) is 0. The number of benzene rings is 9. The molecule has 0 saturated heterocycles. The van der Waals surface area contributed by atoms with E-state index in [1.165, 1.54) is 55.3 Å². The highest BCUT2D eigenvalue weighted by Gasteiger charge is 2.36. The van der Waals surface area contributed by atoms with Gasteiger partial charge in [-0.3, -0.25) is 0 Å². The number of fused-ring (bicyclic) bond motifs is 9. The highest BCUT2D eigenvalue weighted by molar-refractivity contribution is 5.98. The average Bonchev–Trinajstić information content (AvgIpc) is 3.39. The number of nitrogens with zero attached hydrogens (tertiary/aromatic N) is 1. The molecule has 0 fully saturated rings. The molecule has 0 atom stereocenters. The van der Waals surface area contributed by atoms with Crippen LogP contribution in [-0.2, 0) is 5.41 Å². The van der Waals surface area contributed by atoms with Crippen molar-refractivity contribution in [3.63, 3.8) is 0 Å². The van der Waals surface area contributed by atoms with Crippen molar-refractivity contribution in [2.45, 2.75) is 19.3 Å². The topological polar surface area (TPSA) is 12.5 Å². The van der Waals surface area contributed by atoms with Crippen LogP contribution in [0.1, 0.15) is 25.0 Å². The monoisotopic (exact) mass is 729 g/mol. The summed E-state index contributed by atoms with van der Waals surface area (Å²) in [5.41, 5.74) is 17.4. The number of para-hydroxylation sites is 2. The predicted octanol–water partition coefficient (Wildman–Crippen LogP) is 15.4. The lowest BCUT2D eigenvalue weighted by Gasteiger charge is -2.30. The van der Waals surface area contributed by atoms with E-state index in [1.54, 1.807) is 0 Å². The van der Waals surface area contributed by atoms with Crippen LogP contribution in [0.25, 0.3) is 66.4 Å². The number of hydrogen-bond donors (Lipinski definition) is 0. The molecule has 0 aromatic heterocycles. The fourth-order valence-electron chi connectivity index (χ4n) is 9.15. The van der Waals surface area contributed by atoms with Gasteiger partial charge in [0.15, 0.2) is 5.75 Å². The molecule has 2 heteroatoms. The molecule has 1 aliphatic heterocycles. The summed E-state index contributed by atoms with van der Waals surface area (Å²) >= 11 is 0. The lowest BCUT2D eigenvalue weighted by atomic mass is 9.82. The maximum atomic E-state index is 7.18. The Bertz CT molecular complexity index is 3010. The fraction of sp³-hybridized carbons (Fsp3) is 0.0545. The van der Waals surface area contributed by atoms with Crippen molar-refractivity contribution < 1.29 is 4.74 Å². The Morgan fingerprint density at radius 3 is 1.84 bits per heavy atom. The maximum Gasteiger partial charge on any atom is 0.159 e. The van der Waals surface area contributed by atoms with Crippen LogP contribution in [0.15, 0.2) is 200 Å². The number of hydrogen-bond acceptors (Lipinski definition) is 2. The van der Waals surface area contributed by atoms with Crippen LogP contribution in [0.2, 0.25) is 0 Å². The molecule has 1 aliphatic carbocycles. The lowest BCUT2D eigenvalue weighted by molar-refractivity contribution is 0.489. The Morgan fingerprint density at radius 2 is 0.982 bits per heavy atom. The first-order valence-corrected chi connectivity index (χ1v) is 19.8. The van der Waals surface area contributed by atoms with Gasteiger partial charge in [0.1, 0.15) is 5.75 Å². The molecule has 9 aromatic carbocycles. The Kier molecular flexibility index (Phi) is 7.55. The molecule has 1 heterocycles. The Morgan fingerprint density at radius 1 is 0.368 bits per heavy atom. The number of rotatable bonds is 5. The van der Waals surface area contributed by atoms with Crippen molar-refractivity contribution in [3.8, 4) is 67.1 Å². The Labute approximate surface area is 333 Å². The van der Waals surface area contributed by atoms with Crippen LogP contribution in [0.3, 0.4) is 0 Å². The Balaban J connectivity index is 1.13. The van der Waals surface area contributed by atoms with E-state index in [4.69, 9.17) is 4.74 Å². The van der Waals surface area contributed by atoms with Crippen LogP contribution in [0.5, 0.6) is 11.5 Å². The predicted molar refractivity (Wildman–Crippen MR) is 238 cm³/mol. The highest BCUT2D eigenvalue weighted by Crippen LogP contribution is 2.55. The Hall–Kier alpha value is -7.16. The summed E-state index contributed by atoms with van der Waals surface area (Å²) in [5, 5.41) is 2.47. The van der Waals surface area contributed by atoms with Crippen LogP contribution >= 0.6 is 0 Å². The minimum absolute atomic E-state index is 0.147. The zero-order valence-corrected chi connectivity index (χ0v) is 31.9. The smallest absolute Gasteiger partial charge is 0.159 e. The number of anilines is 3. The largest absolute Gasteiger partial charge is 0.454 e. The van der Waals surface area contributed by atoms with E-state index in [0.29, 0.717) is 0 Å². The normalized spacial score (nSPS) is 13.0. The van der Waals surface area contributed by atoms with Gasteiger partial charge in [0.25, 0.3) is 0 Å². The molecule has 0 radical (unpaired) electrons. The minimum atomic E-state index is -0.147. The van der Waals surface area contributed by atoms with Crippen molar-refractivity contribution in [1.29, 1.82) is 0 Å². The first-order chi connectivity index (χ1) is 28.0. The summed E-state index contributed by atoms with van der Waals surface area (Å²) in [5.74, 6) is 1.67. The highest BCUT2D eigenvalue weighted by atomic mass is 16.5. The molecule has 57 heavy (non-hydrogen) atoms. The van der Waals surface area contributed by atoms with E-state index in [-0.39, 0.29) is 5.41 Å². The van der Waals surface area contributed by atoms with E-state index in [1.807, 2.05) is 0 Å². The summed E-state index contributed by atoms with van der Waals surface area (Å²) in [4.78, 5) is 2.38. The molecule has 270 valence electrons. The molecule has 0 bridgehead atoms. The summed E-state index contributed by atoms with van der Waals surface area (Å²) < 4.78 is 7.18. The van der Waals surface area contributed by atoms with E-state index in [0.717, 1.165) is 50.8 Å². The molecule has 0 unspecified atom stereocenters. The van der Waals surface area contributed by atoms with Crippen molar-refractivity contribution >= 4 is 27.8 Å². The van der Waals surface area contributed by atoms with Gasteiger partial charge in [-0.05, 0) is 115 Å². The summed E-state index contributed by atoms with van der Waals surface area (Å²) in [7, 11) is 0. The second-order valence-corrected chi connectivity index (χ2v) is 15.7. The van der Waals surface area contributed by atoms with Crippen LogP contribution in [-0.4, -0.2) is 0 Å². The molecule has 2 aliphatic rings. The zero-order chi connectivity index (χ0) is 38.1. The standard InChI is InChI=1S/C55H39NO/c1-55(2)50-20-10-8-17-45(50)46-32-30-43(35-51(46)55)56(42-28-25-38(26-29-42)36-13-4-3-5-14-36)52-21-12-19-48-49-34-41(40-24-23-37-15-6-7-16-39(37)33-40)27-31-44(49)47-18-9-11-22-53(47)57-54(48)52/h3-35H,1-2H3. The molecule has 0 N–H and O–H groups in total. The van der Waals surface area contributed by atoms with Crippen molar-refractivity contribution in [3.05, 3.63) is 211 Å². The van der Waals surface area contributed by atoms with Crippen molar-refractivity contribution in [2.24, 2.45) is 0 Å². The fourth-order valence-corrected chi connectivity index (χ4v) is 9.15. The van der Waals surface area contributed by atoms with Crippen LogP contribution in [0, 0.1) is 0 Å². The van der Waals surface area contributed by atoms with E-state index < -0.39 is 0 Å². The van der Waals surface area contributed by atoms with E-state index >= 15 is 0 Å². The maximum absolute atomic E-state index is 7.18. The van der Waals surface area contributed by atoms with E-state index in [2.05, 4.69) is 219 Å². The van der Waals surface area contributed by atoms with Gasteiger partial charge in [-0.1, -0.05) is 166 Å². The average molecular weight is 730 g/mol. The molecule has 0 saturated carbocycles. The SMILES string of the molecule is CC1(C)c2ccccc2-c2ccc(N(c3ccc(-c4ccccc4)cc3)c3cccc4c3Oc3ccccc3-c3ccc(-c5ccc6ccccc6c5)cc3-4)cc21. The van der Waals surface area contributed by atoms with Gasteiger partial charge in [0.2, 0.25) is 0 Å². The van der Waals surface area contributed by atoms with Gasteiger partial charge in [-0.15, -0.1) is 0 Å². The molecule has 9 aromatic rings. The zero-order valence-electron chi connectivity index (χ0n) is 31.9. The van der Waals surface area contributed by atoms with Gasteiger partial charge >= 0.3 is 0 Å². The molecule has 0 amide bonds. The second kappa shape index (κ2) is 13.0. The van der Waals surface area contributed by atoms with Crippen molar-refractivity contribution in [1.82, 2.24) is 0 Å². The van der Waals surface area contributed by atoms with Crippen molar-refractivity contribution in [2.75, 3.05) is 4.90 Å². The van der Waals surface area contributed by atoms with Gasteiger partial charge < -0.3 is 9.64 Å². The molecular weight excluding hydrogens is 691 g/mol. The quantitative estimate of drug-likeness (QED) is 0.175. The third-order valence-electron chi connectivity index (χ3n) is 12.1. The molecular formula is C55H39NO. The first-order valence-electron chi connectivity index (χ1n) is 19.8. The second-order valence-electron chi connectivity index (χ2n) is 15.7.